The van der Waals surface area contributed by atoms with E-state index in [0.29, 0.717) is 17.7 Å². The third kappa shape index (κ3) is 6.67. The van der Waals surface area contributed by atoms with Gasteiger partial charge in [0.2, 0.25) is 5.91 Å². The van der Waals surface area contributed by atoms with Crippen molar-refractivity contribution >= 4 is 23.3 Å². The van der Waals surface area contributed by atoms with Gasteiger partial charge in [-0.2, -0.15) is 0 Å². The van der Waals surface area contributed by atoms with Crippen LogP contribution in [0.3, 0.4) is 0 Å². The summed E-state index contributed by atoms with van der Waals surface area (Å²) >= 11 is 0. The number of aryl methyl sites for hydroxylation is 1. The molecule has 1 atom stereocenters. The Morgan fingerprint density at radius 2 is 1.71 bits per heavy atom. The molecule has 0 spiro atoms. The van der Waals surface area contributed by atoms with Gasteiger partial charge in [0.25, 0.3) is 5.91 Å². The fraction of sp³-hybridized carbons (Fsp3) is 0.400. The summed E-state index contributed by atoms with van der Waals surface area (Å²) in [5, 5.41) is 2.91. The van der Waals surface area contributed by atoms with Crippen LogP contribution in [0.2, 0.25) is 0 Å². The average Bonchev–Trinajstić information content (AvgIpc) is 2.78. The van der Waals surface area contributed by atoms with Crippen molar-refractivity contribution in [2.45, 2.75) is 53.5 Å². The molecular formula is C25H32N2O4. The lowest BCUT2D eigenvalue weighted by atomic mass is 10.1. The van der Waals surface area contributed by atoms with E-state index >= 15 is 0 Å². The highest BCUT2D eigenvalue weighted by molar-refractivity contribution is 5.96. The zero-order valence-corrected chi connectivity index (χ0v) is 19.0. The number of ether oxygens (including phenoxy) is 1. The maximum Gasteiger partial charge on any atom is 0.261 e. The maximum absolute atomic E-state index is 12.8. The van der Waals surface area contributed by atoms with Gasteiger partial charge in [-0.3, -0.25) is 14.4 Å². The molecule has 0 aromatic heterocycles. The van der Waals surface area contributed by atoms with Gasteiger partial charge >= 0.3 is 0 Å². The van der Waals surface area contributed by atoms with Gasteiger partial charge in [-0.1, -0.05) is 26.0 Å². The van der Waals surface area contributed by atoms with E-state index in [4.69, 9.17) is 4.74 Å². The molecule has 166 valence electrons. The molecule has 0 aliphatic rings. The SMILES string of the molecule is CCC(=O)c1ccc(OCC(=O)N(CC(=O)Nc2cccc(C)c2C)[C@H](C)CC)cc1. The van der Waals surface area contributed by atoms with Crippen molar-refractivity contribution in [1.82, 2.24) is 4.90 Å². The lowest BCUT2D eigenvalue weighted by molar-refractivity contribution is -0.138. The van der Waals surface area contributed by atoms with Crippen LogP contribution in [0, 0.1) is 13.8 Å². The summed E-state index contributed by atoms with van der Waals surface area (Å²) in [5.74, 6) is 0.0503. The van der Waals surface area contributed by atoms with E-state index in [-0.39, 0.29) is 36.8 Å². The van der Waals surface area contributed by atoms with Crippen molar-refractivity contribution in [3.8, 4) is 5.75 Å². The van der Waals surface area contributed by atoms with Crippen LogP contribution < -0.4 is 10.1 Å². The predicted octanol–water partition coefficient (Wildman–Crippen LogP) is 4.54. The van der Waals surface area contributed by atoms with Gasteiger partial charge in [-0.15, -0.1) is 0 Å². The highest BCUT2D eigenvalue weighted by Crippen LogP contribution is 2.18. The molecule has 6 heteroatoms. The molecular weight excluding hydrogens is 392 g/mol. The minimum atomic E-state index is -0.265. The smallest absolute Gasteiger partial charge is 0.261 e. The standard InChI is InChI=1S/C25H32N2O4/c1-6-18(4)27(15-24(29)26-22-10-8-9-17(3)19(22)5)25(30)16-31-21-13-11-20(12-14-21)23(28)7-2/h8-14,18H,6-7,15-16H2,1-5H3,(H,26,29)/t18-/m1/s1. The zero-order valence-electron chi connectivity index (χ0n) is 19.0. The molecule has 2 amide bonds. The van der Waals surface area contributed by atoms with Crippen LogP contribution in [0.1, 0.15) is 55.1 Å². The summed E-state index contributed by atoms with van der Waals surface area (Å²) in [6.07, 6.45) is 1.16. The predicted molar refractivity (Wildman–Crippen MR) is 123 cm³/mol. The average molecular weight is 425 g/mol. The molecule has 2 aromatic rings. The van der Waals surface area contributed by atoms with Crippen LogP contribution in [0.4, 0.5) is 5.69 Å². The van der Waals surface area contributed by atoms with E-state index in [1.165, 1.54) is 4.90 Å². The Morgan fingerprint density at radius 3 is 2.32 bits per heavy atom. The Labute approximate surface area is 184 Å². The second kappa shape index (κ2) is 11.3. The lowest BCUT2D eigenvalue weighted by Gasteiger charge is -2.28. The first-order chi connectivity index (χ1) is 14.8. The molecule has 0 radical (unpaired) electrons. The van der Waals surface area contributed by atoms with Crippen LogP contribution in [-0.4, -0.2) is 41.7 Å². The second-order valence-corrected chi connectivity index (χ2v) is 7.66. The molecule has 1 N–H and O–H groups in total. The molecule has 2 aromatic carbocycles. The van der Waals surface area contributed by atoms with Crippen molar-refractivity contribution in [2.24, 2.45) is 0 Å². The summed E-state index contributed by atoms with van der Waals surface area (Å²) in [4.78, 5) is 38.7. The number of anilines is 1. The summed E-state index contributed by atoms with van der Waals surface area (Å²) in [6, 6.07) is 12.4. The number of benzene rings is 2. The number of nitrogens with one attached hydrogen (secondary N) is 1. The third-order valence-electron chi connectivity index (χ3n) is 5.50. The third-order valence-corrected chi connectivity index (χ3v) is 5.50. The molecule has 6 nitrogen and oxygen atoms in total. The minimum absolute atomic E-state index is 0.0471. The van der Waals surface area contributed by atoms with Gasteiger partial charge < -0.3 is 15.0 Å². The van der Waals surface area contributed by atoms with E-state index in [0.717, 1.165) is 23.2 Å². The first-order valence-corrected chi connectivity index (χ1v) is 10.7. The van der Waals surface area contributed by atoms with E-state index in [1.54, 1.807) is 24.3 Å². The normalized spacial score (nSPS) is 11.5. The molecule has 0 unspecified atom stereocenters. The van der Waals surface area contributed by atoms with Gasteiger partial charge in [0.1, 0.15) is 12.3 Å². The summed E-state index contributed by atoms with van der Waals surface area (Å²) in [7, 11) is 0. The van der Waals surface area contributed by atoms with Gasteiger partial charge in [0.15, 0.2) is 12.4 Å². The number of hydrogen-bond donors (Lipinski definition) is 1. The van der Waals surface area contributed by atoms with Crippen LogP contribution in [0.5, 0.6) is 5.75 Å². The number of carbonyl (C=O) groups is 3. The number of amides is 2. The van der Waals surface area contributed by atoms with E-state index < -0.39 is 0 Å². The quantitative estimate of drug-likeness (QED) is 0.568. The molecule has 31 heavy (non-hydrogen) atoms. The highest BCUT2D eigenvalue weighted by Gasteiger charge is 2.22. The van der Waals surface area contributed by atoms with Crippen LogP contribution in [0.15, 0.2) is 42.5 Å². The van der Waals surface area contributed by atoms with Crippen molar-refractivity contribution in [1.29, 1.82) is 0 Å². The summed E-state index contributed by atoms with van der Waals surface area (Å²) < 4.78 is 5.61. The monoisotopic (exact) mass is 424 g/mol. The van der Waals surface area contributed by atoms with E-state index in [1.807, 2.05) is 52.8 Å². The Kier molecular flexibility index (Phi) is 8.79. The van der Waals surface area contributed by atoms with Gasteiger partial charge in [0, 0.05) is 23.7 Å². The molecule has 0 fully saturated rings. The molecule has 0 saturated carbocycles. The van der Waals surface area contributed by atoms with Gasteiger partial charge in [-0.05, 0) is 68.7 Å². The molecule has 0 saturated heterocycles. The molecule has 0 heterocycles. The van der Waals surface area contributed by atoms with Gasteiger partial charge in [-0.25, -0.2) is 0 Å². The molecule has 2 rings (SSSR count). The number of ketones is 1. The van der Waals surface area contributed by atoms with Crippen molar-refractivity contribution in [3.05, 3.63) is 59.2 Å². The molecule has 0 bridgehead atoms. The lowest BCUT2D eigenvalue weighted by Crippen LogP contribution is -2.45. The molecule has 0 aliphatic carbocycles. The van der Waals surface area contributed by atoms with E-state index in [9.17, 15) is 14.4 Å². The Hall–Kier alpha value is -3.15. The number of carbonyl (C=O) groups excluding carboxylic acids is 3. The van der Waals surface area contributed by atoms with Crippen LogP contribution in [-0.2, 0) is 9.59 Å². The summed E-state index contributed by atoms with van der Waals surface area (Å²) in [6.45, 7) is 9.41. The van der Waals surface area contributed by atoms with Crippen molar-refractivity contribution in [3.63, 3.8) is 0 Å². The van der Waals surface area contributed by atoms with Crippen molar-refractivity contribution in [2.75, 3.05) is 18.5 Å². The Morgan fingerprint density at radius 1 is 1.03 bits per heavy atom. The van der Waals surface area contributed by atoms with Crippen LogP contribution in [0.25, 0.3) is 0 Å². The fourth-order valence-corrected chi connectivity index (χ4v) is 3.11. The highest BCUT2D eigenvalue weighted by atomic mass is 16.5. The summed E-state index contributed by atoms with van der Waals surface area (Å²) in [5.41, 5.74) is 3.46. The first-order valence-electron chi connectivity index (χ1n) is 10.7. The number of Topliss-reactive ketones (excluding diaryl/α,β-unsaturated/α-hetero) is 1. The number of nitrogens with zero attached hydrogens (tertiary/aromatic N) is 1. The van der Waals surface area contributed by atoms with Crippen molar-refractivity contribution < 1.29 is 19.1 Å². The fourth-order valence-electron chi connectivity index (χ4n) is 3.11. The maximum atomic E-state index is 12.8. The Balaban J connectivity index is 2.00. The first kappa shape index (κ1) is 24.1. The van der Waals surface area contributed by atoms with Crippen LogP contribution >= 0.6 is 0 Å². The van der Waals surface area contributed by atoms with E-state index in [2.05, 4.69) is 5.32 Å². The zero-order chi connectivity index (χ0) is 23.0. The molecule has 0 aliphatic heterocycles. The number of hydrogen-bond acceptors (Lipinski definition) is 4. The second-order valence-electron chi connectivity index (χ2n) is 7.66. The topological polar surface area (TPSA) is 75.7 Å². The largest absolute Gasteiger partial charge is 0.484 e. The Bertz CT molecular complexity index is 922. The minimum Gasteiger partial charge on any atom is -0.484 e. The number of rotatable bonds is 10. The van der Waals surface area contributed by atoms with Gasteiger partial charge in [0.05, 0.1) is 0 Å².